The van der Waals surface area contributed by atoms with Gasteiger partial charge in [-0.1, -0.05) is 12.2 Å². The normalized spacial score (nSPS) is 19.3. The maximum absolute atomic E-state index is 13.2. The van der Waals surface area contributed by atoms with Gasteiger partial charge in [-0.25, -0.2) is 4.39 Å². The lowest BCUT2D eigenvalue weighted by Crippen LogP contribution is -2.33. The van der Waals surface area contributed by atoms with Gasteiger partial charge in [0.25, 0.3) is 0 Å². The molecule has 0 amide bonds. The number of thioether (sulfide) groups is 1. The molecule has 0 aliphatic carbocycles. The molecule has 1 aliphatic heterocycles. The van der Waals surface area contributed by atoms with Gasteiger partial charge in [0.15, 0.2) is 0 Å². The van der Waals surface area contributed by atoms with E-state index in [1.54, 1.807) is 6.07 Å². The standard InChI is InChI=1S/C12H15FN2S2/c1-15(9-4-5-17-7-9)11-3-2-8(13)6-10(11)12(14)16/h2-3,6,9H,4-5,7H2,1H3,(H2,14,16). The Labute approximate surface area is 110 Å². The SMILES string of the molecule is CN(c1ccc(F)cc1C(N)=S)C1CCSC1. The minimum Gasteiger partial charge on any atom is -0.389 e. The van der Waals surface area contributed by atoms with E-state index in [9.17, 15) is 4.39 Å². The quantitative estimate of drug-likeness (QED) is 0.854. The summed E-state index contributed by atoms with van der Waals surface area (Å²) >= 11 is 6.93. The van der Waals surface area contributed by atoms with Gasteiger partial charge in [0.05, 0.1) is 0 Å². The summed E-state index contributed by atoms with van der Waals surface area (Å²) in [6.07, 6.45) is 1.15. The highest BCUT2D eigenvalue weighted by Gasteiger charge is 2.22. The first-order chi connectivity index (χ1) is 8.09. The molecule has 17 heavy (non-hydrogen) atoms. The zero-order chi connectivity index (χ0) is 12.4. The van der Waals surface area contributed by atoms with Crippen LogP contribution in [-0.4, -0.2) is 29.6 Å². The Hall–Kier alpha value is -0.810. The third-order valence-corrected chi connectivity index (χ3v) is 4.42. The summed E-state index contributed by atoms with van der Waals surface area (Å²) in [6.45, 7) is 0. The van der Waals surface area contributed by atoms with E-state index in [0.717, 1.165) is 17.9 Å². The Morgan fingerprint density at radius 3 is 2.94 bits per heavy atom. The third-order valence-electron chi connectivity index (χ3n) is 3.06. The van der Waals surface area contributed by atoms with Crippen LogP contribution in [0.1, 0.15) is 12.0 Å². The van der Waals surface area contributed by atoms with E-state index >= 15 is 0 Å². The van der Waals surface area contributed by atoms with Gasteiger partial charge in [0, 0.05) is 30.1 Å². The van der Waals surface area contributed by atoms with Crippen molar-refractivity contribution in [1.82, 2.24) is 0 Å². The molecule has 0 bridgehead atoms. The first-order valence-electron chi connectivity index (χ1n) is 5.49. The average Bonchev–Trinajstić information content (AvgIpc) is 2.81. The molecule has 2 N–H and O–H groups in total. The van der Waals surface area contributed by atoms with Crippen LogP contribution in [0.15, 0.2) is 18.2 Å². The van der Waals surface area contributed by atoms with Gasteiger partial charge in [-0.15, -0.1) is 0 Å². The lowest BCUT2D eigenvalue weighted by molar-refractivity contribution is 0.626. The smallest absolute Gasteiger partial charge is 0.124 e. The second-order valence-corrected chi connectivity index (χ2v) is 5.74. The van der Waals surface area contributed by atoms with Gasteiger partial charge in [-0.3, -0.25) is 0 Å². The van der Waals surface area contributed by atoms with Crippen LogP contribution in [0.4, 0.5) is 10.1 Å². The Morgan fingerprint density at radius 2 is 2.35 bits per heavy atom. The summed E-state index contributed by atoms with van der Waals surface area (Å²) in [5.74, 6) is 1.98. The van der Waals surface area contributed by atoms with E-state index in [4.69, 9.17) is 18.0 Å². The van der Waals surface area contributed by atoms with Crippen LogP contribution in [0.2, 0.25) is 0 Å². The van der Waals surface area contributed by atoms with Crippen molar-refractivity contribution < 1.29 is 4.39 Å². The third kappa shape index (κ3) is 2.72. The molecule has 1 aromatic carbocycles. The minimum atomic E-state index is -0.300. The predicted octanol–water partition coefficient (Wildman–Crippen LogP) is 2.40. The average molecular weight is 270 g/mol. The molecule has 1 heterocycles. The highest BCUT2D eigenvalue weighted by molar-refractivity contribution is 7.99. The summed E-state index contributed by atoms with van der Waals surface area (Å²) in [6, 6.07) is 5.11. The van der Waals surface area contributed by atoms with E-state index in [0.29, 0.717) is 11.6 Å². The number of nitrogens with two attached hydrogens (primary N) is 1. The molecule has 1 atom stereocenters. The predicted molar refractivity (Wildman–Crippen MR) is 76.4 cm³/mol. The number of benzene rings is 1. The lowest BCUT2D eigenvalue weighted by atomic mass is 10.1. The number of halogens is 1. The largest absolute Gasteiger partial charge is 0.389 e. The molecule has 1 aliphatic rings. The van der Waals surface area contributed by atoms with Crippen LogP contribution in [0, 0.1) is 5.82 Å². The van der Waals surface area contributed by atoms with E-state index < -0.39 is 0 Å². The van der Waals surface area contributed by atoms with Gasteiger partial charge in [-0.05, 0) is 30.4 Å². The fraction of sp³-hybridized carbons (Fsp3) is 0.417. The fourth-order valence-corrected chi connectivity index (χ4v) is 3.47. The van der Waals surface area contributed by atoms with Gasteiger partial charge >= 0.3 is 0 Å². The molecule has 5 heteroatoms. The van der Waals surface area contributed by atoms with Crippen molar-refractivity contribution in [3.8, 4) is 0 Å². The highest BCUT2D eigenvalue weighted by Crippen LogP contribution is 2.28. The Morgan fingerprint density at radius 1 is 1.59 bits per heavy atom. The Bertz CT molecular complexity index is 431. The van der Waals surface area contributed by atoms with Crippen LogP contribution < -0.4 is 10.6 Å². The molecule has 2 nitrogen and oxygen atoms in total. The minimum absolute atomic E-state index is 0.247. The molecule has 92 valence electrons. The second kappa shape index (κ2) is 5.23. The molecule has 1 unspecified atom stereocenters. The zero-order valence-corrected chi connectivity index (χ0v) is 11.3. The van der Waals surface area contributed by atoms with Gasteiger partial charge in [0.2, 0.25) is 0 Å². The summed E-state index contributed by atoms with van der Waals surface area (Å²) in [5.41, 5.74) is 7.20. The van der Waals surface area contributed by atoms with Crippen molar-refractivity contribution in [2.75, 3.05) is 23.5 Å². The summed E-state index contributed by atoms with van der Waals surface area (Å²) in [5, 5.41) is 0. The molecule has 1 aromatic rings. The van der Waals surface area contributed by atoms with Crippen molar-refractivity contribution in [2.24, 2.45) is 5.73 Å². The van der Waals surface area contributed by atoms with Crippen molar-refractivity contribution in [2.45, 2.75) is 12.5 Å². The van der Waals surface area contributed by atoms with Crippen molar-refractivity contribution in [3.63, 3.8) is 0 Å². The van der Waals surface area contributed by atoms with Crippen molar-refractivity contribution in [1.29, 1.82) is 0 Å². The zero-order valence-electron chi connectivity index (χ0n) is 9.65. The summed E-state index contributed by atoms with van der Waals surface area (Å²) in [4.78, 5) is 2.41. The van der Waals surface area contributed by atoms with E-state index in [2.05, 4.69) is 4.90 Å². The van der Waals surface area contributed by atoms with Crippen LogP contribution in [0.25, 0.3) is 0 Å². The Balaban J connectivity index is 2.33. The first kappa shape index (κ1) is 12.6. The molecular formula is C12H15FN2S2. The number of hydrogen-bond acceptors (Lipinski definition) is 3. The van der Waals surface area contributed by atoms with Crippen LogP contribution >= 0.6 is 24.0 Å². The topological polar surface area (TPSA) is 29.3 Å². The van der Waals surface area contributed by atoms with E-state index in [1.165, 1.54) is 17.9 Å². The van der Waals surface area contributed by atoms with E-state index in [-0.39, 0.29) is 10.8 Å². The van der Waals surface area contributed by atoms with Gasteiger partial charge in [0.1, 0.15) is 10.8 Å². The molecule has 2 rings (SSSR count). The van der Waals surface area contributed by atoms with Gasteiger partial charge in [-0.2, -0.15) is 11.8 Å². The molecule has 0 aromatic heterocycles. The van der Waals surface area contributed by atoms with Crippen LogP contribution in [0.3, 0.4) is 0 Å². The number of rotatable bonds is 3. The number of hydrogen-bond donors (Lipinski definition) is 1. The van der Waals surface area contributed by atoms with Crippen molar-refractivity contribution >= 4 is 34.7 Å². The monoisotopic (exact) mass is 270 g/mol. The molecule has 0 saturated carbocycles. The summed E-state index contributed by atoms with van der Waals surface area (Å²) in [7, 11) is 2.02. The lowest BCUT2D eigenvalue weighted by Gasteiger charge is -2.28. The van der Waals surface area contributed by atoms with Crippen LogP contribution in [-0.2, 0) is 0 Å². The molecule has 1 saturated heterocycles. The van der Waals surface area contributed by atoms with Gasteiger partial charge < -0.3 is 10.6 Å². The Kier molecular flexibility index (Phi) is 3.89. The maximum atomic E-state index is 13.2. The molecule has 0 spiro atoms. The number of anilines is 1. The van der Waals surface area contributed by atoms with Crippen molar-refractivity contribution in [3.05, 3.63) is 29.6 Å². The summed E-state index contributed by atoms with van der Waals surface area (Å²) < 4.78 is 13.2. The maximum Gasteiger partial charge on any atom is 0.124 e. The van der Waals surface area contributed by atoms with Crippen LogP contribution in [0.5, 0.6) is 0 Å². The number of thiocarbonyl (C=S) groups is 1. The first-order valence-corrected chi connectivity index (χ1v) is 7.06. The molecule has 1 fully saturated rings. The fourth-order valence-electron chi connectivity index (χ4n) is 2.04. The highest BCUT2D eigenvalue weighted by atomic mass is 32.2. The molecule has 0 radical (unpaired) electrons. The van der Waals surface area contributed by atoms with E-state index in [1.807, 2.05) is 18.8 Å². The second-order valence-electron chi connectivity index (χ2n) is 4.15. The molecular weight excluding hydrogens is 255 g/mol. The number of nitrogens with zero attached hydrogens (tertiary/aromatic N) is 1.